The maximum atomic E-state index is 12.2. The van der Waals surface area contributed by atoms with Crippen LogP contribution < -0.4 is 9.46 Å². The van der Waals surface area contributed by atoms with Crippen LogP contribution in [0, 0.1) is 0 Å². The molecule has 1 aromatic heterocycles. The van der Waals surface area contributed by atoms with Crippen molar-refractivity contribution >= 4 is 15.9 Å². The number of carbonyl (C=O) groups excluding carboxylic acids is 1. The summed E-state index contributed by atoms with van der Waals surface area (Å²) in [6, 6.07) is 7.84. The van der Waals surface area contributed by atoms with Gasteiger partial charge in [0.05, 0.1) is 26.1 Å². The monoisotopic (exact) mass is 392 g/mol. The minimum atomic E-state index is -3.37. The Morgan fingerprint density at radius 2 is 2.11 bits per heavy atom. The smallest absolute Gasteiger partial charge is 0.237 e. The number of benzene rings is 1. The van der Waals surface area contributed by atoms with Crippen LogP contribution in [0.3, 0.4) is 0 Å². The van der Waals surface area contributed by atoms with E-state index in [0.717, 1.165) is 41.7 Å². The molecule has 1 amide bonds. The molecule has 8 nitrogen and oxygen atoms in total. The van der Waals surface area contributed by atoms with Crippen molar-refractivity contribution in [2.75, 3.05) is 33.0 Å². The molecular weight excluding hydrogens is 368 g/mol. The molecule has 1 saturated heterocycles. The number of ether oxygens (including phenoxy) is 1. The summed E-state index contributed by atoms with van der Waals surface area (Å²) < 4.78 is 29.8. The van der Waals surface area contributed by atoms with Crippen LogP contribution in [-0.4, -0.2) is 62.4 Å². The van der Waals surface area contributed by atoms with Crippen LogP contribution in [0.2, 0.25) is 0 Å². The van der Waals surface area contributed by atoms with Crippen LogP contribution in [0.1, 0.15) is 24.5 Å². The predicted octanol–water partition coefficient (Wildman–Crippen LogP) is 1.34. The van der Waals surface area contributed by atoms with E-state index in [4.69, 9.17) is 4.74 Å². The highest BCUT2D eigenvalue weighted by molar-refractivity contribution is 7.88. The van der Waals surface area contributed by atoms with Crippen molar-refractivity contribution in [1.29, 1.82) is 0 Å². The van der Waals surface area contributed by atoms with Crippen molar-refractivity contribution in [1.82, 2.24) is 19.8 Å². The number of carbonyl (C=O) groups is 1. The molecule has 0 spiro atoms. The highest BCUT2D eigenvalue weighted by Crippen LogP contribution is 2.34. The standard InChI is InChI=1S/C18H24N4O4S/c1-26-15-5-3-4-14(10-15)16-11-19-21-18(16)13-6-8-22(9-7-13)17(23)12-20-27(2,24)25/h3-5,10-11,13,20H,6-9,12H2,1-2H3,(H,19,21). The first-order valence-corrected chi connectivity index (χ1v) is 10.7. The molecule has 3 rings (SSSR count). The average molecular weight is 392 g/mol. The third-order valence-corrected chi connectivity index (χ3v) is 5.46. The highest BCUT2D eigenvalue weighted by atomic mass is 32.2. The van der Waals surface area contributed by atoms with Crippen LogP contribution in [0.25, 0.3) is 11.1 Å². The maximum absolute atomic E-state index is 12.2. The molecular formula is C18H24N4O4S. The van der Waals surface area contributed by atoms with Gasteiger partial charge in [-0.25, -0.2) is 13.1 Å². The SMILES string of the molecule is COc1cccc(-c2cn[nH]c2C2CCN(C(=O)CNS(C)(=O)=O)CC2)c1. The van der Waals surface area contributed by atoms with E-state index in [2.05, 4.69) is 14.9 Å². The summed E-state index contributed by atoms with van der Waals surface area (Å²) in [6.45, 7) is 0.986. The molecule has 1 aliphatic rings. The van der Waals surface area contributed by atoms with Crippen LogP contribution in [0.5, 0.6) is 5.75 Å². The third-order valence-electron chi connectivity index (χ3n) is 4.79. The van der Waals surface area contributed by atoms with E-state index in [9.17, 15) is 13.2 Å². The first kappa shape index (κ1) is 19.4. The Morgan fingerprint density at radius 1 is 1.37 bits per heavy atom. The number of aromatic amines is 1. The van der Waals surface area contributed by atoms with E-state index in [-0.39, 0.29) is 18.4 Å². The Bertz CT molecular complexity index is 902. The predicted molar refractivity (Wildman–Crippen MR) is 102 cm³/mol. The Hall–Kier alpha value is -2.39. The summed E-state index contributed by atoms with van der Waals surface area (Å²) >= 11 is 0. The topological polar surface area (TPSA) is 104 Å². The number of likely N-dealkylation sites (tertiary alicyclic amines) is 1. The Kier molecular flexibility index (Phi) is 5.81. The second-order valence-corrected chi connectivity index (χ2v) is 8.51. The molecule has 1 aliphatic heterocycles. The Balaban J connectivity index is 1.65. The van der Waals surface area contributed by atoms with Gasteiger partial charge in [-0.3, -0.25) is 9.89 Å². The molecule has 0 atom stereocenters. The minimum absolute atomic E-state index is 0.192. The first-order chi connectivity index (χ1) is 12.9. The van der Waals surface area contributed by atoms with E-state index in [1.807, 2.05) is 30.5 Å². The molecule has 0 saturated carbocycles. The molecule has 0 bridgehead atoms. The molecule has 1 aromatic carbocycles. The summed E-state index contributed by atoms with van der Waals surface area (Å²) in [5, 5.41) is 7.33. The van der Waals surface area contributed by atoms with Crippen molar-refractivity contribution in [3.8, 4) is 16.9 Å². The number of sulfonamides is 1. The number of H-pyrrole nitrogens is 1. The molecule has 0 radical (unpaired) electrons. The van der Waals surface area contributed by atoms with Crippen molar-refractivity contribution in [2.45, 2.75) is 18.8 Å². The van der Waals surface area contributed by atoms with E-state index in [0.29, 0.717) is 13.1 Å². The van der Waals surface area contributed by atoms with Crippen molar-refractivity contribution < 1.29 is 17.9 Å². The molecule has 146 valence electrons. The number of amides is 1. The van der Waals surface area contributed by atoms with E-state index in [1.54, 1.807) is 12.0 Å². The molecule has 0 unspecified atom stereocenters. The van der Waals surface area contributed by atoms with E-state index >= 15 is 0 Å². The summed E-state index contributed by atoms with van der Waals surface area (Å²) in [5.41, 5.74) is 3.14. The number of rotatable bonds is 6. The lowest BCUT2D eigenvalue weighted by Gasteiger charge is -2.32. The quantitative estimate of drug-likeness (QED) is 0.772. The fourth-order valence-corrected chi connectivity index (χ4v) is 3.74. The highest BCUT2D eigenvalue weighted by Gasteiger charge is 2.27. The number of hydrogen-bond acceptors (Lipinski definition) is 5. The van der Waals surface area contributed by atoms with Gasteiger partial charge in [0, 0.05) is 30.3 Å². The van der Waals surface area contributed by atoms with Gasteiger partial charge in [0.15, 0.2) is 0 Å². The normalized spacial score (nSPS) is 15.7. The second kappa shape index (κ2) is 8.10. The zero-order valence-electron chi connectivity index (χ0n) is 15.4. The lowest BCUT2D eigenvalue weighted by atomic mass is 9.89. The zero-order valence-corrected chi connectivity index (χ0v) is 16.3. The maximum Gasteiger partial charge on any atom is 0.237 e. The van der Waals surface area contributed by atoms with Gasteiger partial charge in [-0.1, -0.05) is 12.1 Å². The van der Waals surface area contributed by atoms with Crippen LogP contribution in [0.15, 0.2) is 30.5 Å². The van der Waals surface area contributed by atoms with Crippen molar-refractivity contribution in [3.63, 3.8) is 0 Å². The summed E-state index contributed by atoms with van der Waals surface area (Å²) in [6.07, 6.45) is 4.45. The van der Waals surface area contributed by atoms with Crippen LogP contribution in [0.4, 0.5) is 0 Å². The van der Waals surface area contributed by atoms with Gasteiger partial charge in [-0.05, 0) is 30.5 Å². The van der Waals surface area contributed by atoms with Gasteiger partial charge in [0.1, 0.15) is 5.75 Å². The number of hydrogen-bond donors (Lipinski definition) is 2. The van der Waals surface area contributed by atoms with Crippen LogP contribution >= 0.6 is 0 Å². The molecule has 2 heterocycles. The number of aromatic nitrogens is 2. The fourth-order valence-electron chi connectivity index (χ4n) is 3.35. The number of methoxy groups -OCH3 is 1. The number of nitrogens with one attached hydrogen (secondary N) is 2. The summed E-state index contributed by atoms with van der Waals surface area (Å²) in [5.74, 6) is 0.857. The van der Waals surface area contributed by atoms with Crippen molar-refractivity contribution in [3.05, 3.63) is 36.2 Å². The molecule has 1 fully saturated rings. The molecule has 0 aliphatic carbocycles. The summed E-state index contributed by atoms with van der Waals surface area (Å²) in [4.78, 5) is 13.9. The lowest BCUT2D eigenvalue weighted by molar-refractivity contribution is -0.130. The second-order valence-electron chi connectivity index (χ2n) is 6.68. The number of nitrogens with zero attached hydrogens (tertiary/aromatic N) is 2. The number of piperidine rings is 1. The molecule has 27 heavy (non-hydrogen) atoms. The largest absolute Gasteiger partial charge is 0.497 e. The molecule has 2 N–H and O–H groups in total. The minimum Gasteiger partial charge on any atom is -0.497 e. The molecule has 2 aromatic rings. The van der Waals surface area contributed by atoms with Gasteiger partial charge in [-0.15, -0.1) is 0 Å². The van der Waals surface area contributed by atoms with Gasteiger partial charge in [-0.2, -0.15) is 5.10 Å². The zero-order chi connectivity index (χ0) is 19.4. The van der Waals surface area contributed by atoms with Gasteiger partial charge >= 0.3 is 0 Å². The Morgan fingerprint density at radius 3 is 2.78 bits per heavy atom. The lowest BCUT2D eigenvalue weighted by Crippen LogP contribution is -2.43. The Labute approximate surface area is 159 Å². The van der Waals surface area contributed by atoms with Gasteiger partial charge in [0.2, 0.25) is 15.9 Å². The van der Waals surface area contributed by atoms with Crippen molar-refractivity contribution in [2.24, 2.45) is 0 Å². The van der Waals surface area contributed by atoms with Gasteiger partial charge < -0.3 is 9.64 Å². The van der Waals surface area contributed by atoms with Gasteiger partial charge in [0.25, 0.3) is 0 Å². The fraction of sp³-hybridized carbons (Fsp3) is 0.444. The average Bonchev–Trinajstić information content (AvgIpc) is 3.15. The van der Waals surface area contributed by atoms with E-state index in [1.165, 1.54) is 0 Å². The third kappa shape index (κ3) is 4.86. The first-order valence-electron chi connectivity index (χ1n) is 8.77. The summed E-state index contributed by atoms with van der Waals surface area (Å²) in [7, 11) is -1.73. The van der Waals surface area contributed by atoms with E-state index < -0.39 is 10.0 Å². The van der Waals surface area contributed by atoms with Crippen LogP contribution in [-0.2, 0) is 14.8 Å². The molecule has 9 heteroatoms.